The van der Waals surface area contributed by atoms with E-state index in [0.29, 0.717) is 24.7 Å². The monoisotopic (exact) mass is 314 g/mol. The van der Waals surface area contributed by atoms with E-state index in [1.54, 1.807) is 6.07 Å². The molecule has 1 aliphatic rings. The Bertz CT molecular complexity index is 775. The third-order valence-electron chi connectivity index (χ3n) is 3.74. The predicted molar refractivity (Wildman–Crippen MR) is 86.8 cm³/mol. The third-order valence-corrected chi connectivity index (χ3v) is 3.74. The van der Waals surface area contributed by atoms with Crippen LogP contribution in [0.25, 0.3) is 10.9 Å². The first-order chi connectivity index (χ1) is 11.1. The van der Waals surface area contributed by atoms with Crippen molar-refractivity contribution in [2.75, 3.05) is 31.6 Å². The lowest BCUT2D eigenvalue weighted by molar-refractivity contribution is -0.120. The van der Waals surface area contributed by atoms with Crippen LogP contribution in [-0.2, 0) is 4.79 Å². The van der Waals surface area contributed by atoms with Crippen LogP contribution in [0.15, 0.2) is 24.3 Å². The third kappa shape index (κ3) is 3.03. The number of aromatic nitrogens is 1. The van der Waals surface area contributed by atoms with Gasteiger partial charge in [0.05, 0.1) is 12.1 Å². The summed E-state index contributed by atoms with van der Waals surface area (Å²) < 4.78 is 5.35. The van der Waals surface area contributed by atoms with E-state index in [4.69, 9.17) is 4.74 Å². The first-order valence-electron chi connectivity index (χ1n) is 7.40. The number of carbonyl (C=O) groups is 2. The summed E-state index contributed by atoms with van der Waals surface area (Å²) in [5.41, 5.74) is 1.86. The Hall–Kier alpha value is -2.83. The lowest BCUT2D eigenvalue weighted by Gasteiger charge is -2.29. The van der Waals surface area contributed by atoms with E-state index in [1.165, 1.54) is 7.05 Å². The molecule has 0 atom stereocenters. The van der Waals surface area contributed by atoms with Crippen molar-refractivity contribution in [2.45, 2.75) is 6.92 Å². The molecule has 3 rings (SSSR count). The molecule has 2 N–H and O–H groups in total. The first kappa shape index (κ1) is 15.1. The standard InChI is InChI=1S/C16H18N4O3/c1-10-4-3-5-11-8-12(23-16(22)17-2)15(19-14(10)11)20-7-6-18-13(21)9-20/h3-5,8H,6-7,9H2,1-2H3,(H,17,22)(H,18,21). The van der Waals surface area contributed by atoms with E-state index in [0.717, 1.165) is 16.5 Å². The number of anilines is 1. The highest BCUT2D eigenvalue weighted by Gasteiger charge is 2.23. The highest BCUT2D eigenvalue weighted by Crippen LogP contribution is 2.31. The minimum absolute atomic E-state index is 0.0752. The number of fused-ring (bicyclic) bond motifs is 1. The minimum atomic E-state index is -0.568. The van der Waals surface area contributed by atoms with Gasteiger partial charge < -0.3 is 20.3 Å². The smallest absolute Gasteiger partial charge is 0.406 e. The van der Waals surface area contributed by atoms with E-state index in [1.807, 2.05) is 30.0 Å². The van der Waals surface area contributed by atoms with Crippen LogP contribution in [-0.4, -0.2) is 43.7 Å². The quantitative estimate of drug-likeness (QED) is 0.870. The number of benzene rings is 1. The number of piperazine rings is 1. The van der Waals surface area contributed by atoms with Gasteiger partial charge in [0.25, 0.3) is 0 Å². The van der Waals surface area contributed by atoms with Crippen molar-refractivity contribution in [1.82, 2.24) is 15.6 Å². The SMILES string of the molecule is CNC(=O)Oc1cc2cccc(C)c2nc1N1CCNC(=O)C1. The Labute approximate surface area is 133 Å². The van der Waals surface area contributed by atoms with Crippen molar-refractivity contribution in [3.63, 3.8) is 0 Å². The van der Waals surface area contributed by atoms with Crippen LogP contribution in [0, 0.1) is 6.92 Å². The fourth-order valence-electron chi connectivity index (χ4n) is 2.59. The molecule has 1 aromatic carbocycles. The van der Waals surface area contributed by atoms with E-state index in [2.05, 4.69) is 15.6 Å². The normalized spacial score (nSPS) is 14.5. The van der Waals surface area contributed by atoms with Gasteiger partial charge in [-0.05, 0) is 18.6 Å². The second-order valence-electron chi connectivity index (χ2n) is 5.37. The maximum atomic E-state index is 11.7. The van der Waals surface area contributed by atoms with Crippen LogP contribution in [0.5, 0.6) is 5.75 Å². The zero-order valence-corrected chi connectivity index (χ0v) is 13.0. The van der Waals surface area contributed by atoms with Crippen LogP contribution in [0.2, 0.25) is 0 Å². The Morgan fingerprint density at radius 1 is 1.43 bits per heavy atom. The van der Waals surface area contributed by atoms with Gasteiger partial charge in [-0.25, -0.2) is 9.78 Å². The van der Waals surface area contributed by atoms with Crippen molar-refractivity contribution in [3.8, 4) is 5.75 Å². The van der Waals surface area contributed by atoms with Gasteiger partial charge in [-0.15, -0.1) is 0 Å². The Balaban J connectivity index is 2.11. The fraction of sp³-hybridized carbons (Fsp3) is 0.312. The number of amides is 2. The molecule has 2 heterocycles. The van der Waals surface area contributed by atoms with Gasteiger partial charge in [0.2, 0.25) is 5.91 Å². The van der Waals surface area contributed by atoms with E-state index < -0.39 is 6.09 Å². The molecule has 0 unspecified atom stereocenters. The lowest BCUT2D eigenvalue weighted by Crippen LogP contribution is -2.48. The summed E-state index contributed by atoms with van der Waals surface area (Å²) in [4.78, 5) is 29.8. The summed E-state index contributed by atoms with van der Waals surface area (Å²) in [7, 11) is 1.50. The van der Waals surface area contributed by atoms with E-state index >= 15 is 0 Å². The van der Waals surface area contributed by atoms with Crippen molar-refractivity contribution in [1.29, 1.82) is 0 Å². The van der Waals surface area contributed by atoms with Gasteiger partial charge in [-0.1, -0.05) is 18.2 Å². The molecule has 0 radical (unpaired) electrons. The highest BCUT2D eigenvalue weighted by molar-refractivity contribution is 5.89. The average Bonchev–Trinajstić information content (AvgIpc) is 2.54. The number of carbonyl (C=O) groups excluding carboxylic acids is 2. The summed E-state index contributed by atoms with van der Waals surface area (Å²) in [6, 6.07) is 7.60. The number of ether oxygens (including phenoxy) is 1. The second kappa shape index (κ2) is 6.12. The van der Waals surface area contributed by atoms with Gasteiger partial charge >= 0.3 is 6.09 Å². The maximum Gasteiger partial charge on any atom is 0.412 e. The summed E-state index contributed by atoms with van der Waals surface area (Å²) in [6.45, 7) is 3.31. The highest BCUT2D eigenvalue weighted by atomic mass is 16.6. The predicted octanol–water partition coefficient (Wildman–Crippen LogP) is 1.20. The van der Waals surface area contributed by atoms with Gasteiger partial charge in [0, 0.05) is 25.5 Å². The van der Waals surface area contributed by atoms with Crippen LogP contribution in [0.3, 0.4) is 0 Å². The zero-order valence-electron chi connectivity index (χ0n) is 13.0. The Morgan fingerprint density at radius 2 is 2.26 bits per heavy atom. The largest absolute Gasteiger partial charge is 0.412 e. The van der Waals surface area contributed by atoms with Crippen LogP contribution in [0.4, 0.5) is 10.6 Å². The van der Waals surface area contributed by atoms with Crippen molar-refractivity contribution < 1.29 is 14.3 Å². The molecule has 0 bridgehead atoms. The zero-order chi connectivity index (χ0) is 16.4. The van der Waals surface area contributed by atoms with Gasteiger partial charge in [0.15, 0.2) is 11.6 Å². The first-order valence-corrected chi connectivity index (χ1v) is 7.40. The molecule has 7 heteroatoms. The molecule has 0 aliphatic carbocycles. The summed E-state index contributed by atoms with van der Waals surface area (Å²) in [6.07, 6.45) is -0.568. The average molecular weight is 314 g/mol. The Kier molecular flexibility index (Phi) is 4.01. The van der Waals surface area contributed by atoms with Crippen LogP contribution in [0.1, 0.15) is 5.56 Å². The number of hydrogen-bond acceptors (Lipinski definition) is 5. The van der Waals surface area contributed by atoms with Gasteiger partial charge in [-0.2, -0.15) is 0 Å². The van der Waals surface area contributed by atoms with Gasteiger partial charge in [-0.3, -0.25) is 4.79 Å². The molecule has 1 saturated heterocycles. The molecule has 1 aromatic heterocycles. The molecule has 2 aromatic rings. The number of rotatable bonds is 2. The molecule has 7 nitrogen and oxygen atoms in total. The molecule has 120 valence electrons. The van der Waals surface area contributed by atoms with Crippen LogP contribution < -0.4 is 20.3 Å². The van der Waals surface area contributed by atoms with Crippen molar-refractivity contribution >= 4 is 28.7 Å². The van der Waals surface area contributed by atoms with E-state index in [9.17, 15) is 9.59 Å². The summed E-state index contributed by atoms with van der Waals surface area (Å²) >= 11 is 0. The second-order valence-corrected chi connectivity index (χ2v) is 5.37. The lowest BCUT2D eigenvalue weighted by atomic mass is 10.1. The number of hydrogen-bond donors (Lipinski definition) is 2. The summed E-state index contributed by atoms with van der Waals surface area (Å²) in [5, 5.41) is 6.08. The number of aryl methyl sites for hydroxylation is 1. The molecule has 0 spiro atoms. The summed E-state index contributed by atoms with van der Waals surface area (Å²) in [5.74, 6) is 0.774. The molecule has 1 aliphatic heterocycles. The number of para-hydroxylation sites is 1. The molecule has 2 amide bonds. The minimum Gasteiger partial charge on any atom is -0.406 e. The fourth-order valence-corrected chi connectivity index (χ4v) is 2.59. The molecule has 1 fully saturated rings. The maximum absolute atomic E-state index is 11.7. The van der Waals surface area contributed by atoms with Gasteiger partial charge in [0.1, 0.15) is 0 Å². The topological polar surface area (TPSA) is 83.6 Å². The molecule has 0 saturated carbocycles. The molecular weight excluding hydrogens is 296 g/mol. The number of pyridine rings is 1. The number of nitrogens with zero attached hydrogens (tertiary/aromatic N) is 2. The Morgan fingerprint density at radius 3 is 3.00 bits per heavy atom. The van der Waals surface area contributed by atoms with Crippen molar-refractivity contribution in [2.24, 2.45) is 0 Å². The van der Waals surface area contributed by atoms with Crippen LogP contribution >= 0.6 is 0 Å². The van der Waals surface area contributed by atoms with E-state index in [-0.39, 0.29) is 12.5 Å². The number of nitrogens with one attached hydrogen (secondary N) is 2. The van der Waals surface area contributed by atoms with Crippen molar-refractivity contribution in [3.05, 3.63) is 29.8 Å². The molecular formula is C16H18N4O3. The molecule has 23 heavy (non-hydrogen) atoms.